The average Bonchev–Trinajstić information content (AvgIpc) is 3.28. The molecular weight excluding hydrogens is 312 g/mol. The summed E-state index contributed by atoms with van der Waals surface area (Å²) in [7, 11) is 0. The second-order valence-corrected chi connectivity index (χ2v) is 8.73. The predicted molar refractivity (Wildman–Crippen MR) is 109 cm³/mol. The van der Waals surface area contributed by atoms with Gasteiger partial charge in [0.1, 0.15) is 0 Å². The van der Waals surface area contributed by atoms with Gasteiger partial charge in [0.15, 0.2) is 0 Å². The summed E-state index contributed by atoms with van der Waals surface area (Å²) in [6.07, 6.45) is 10.6. The zero-order valence-corrected chi connectivity index (χ0v) is 15.2. The Bertz CT molecular complexity index is 1040. The van der Waals surface area contributed by atoms with Gasteiger partial charge in [-0.1, -0.05) is 72.3 Å². The van der Waals surface area contributed by atoms with Crippen LogP contribution in [0.1, 0.15) is 36.8 Å². The van der Waals surface area contributed by atoms with Crippen LogP contribution in [-0.4, -0.2) is 0 Å². The number of rotatable bonds is 1. The first-order valence-electron chi connectivity index (χ1n) is 10.1. The smallest absolute Gasteiger partial charge is 0.0102 e. The first-order valence-corrected chi connectivity index (χ1v) is 10.1. The number of hydrogen-bond acceptors (Lipinski definition) is 0. The Morgan fingerprint density at radius 3 is 2.58 bits per heavy atom. The maximum atomic E-state index is 2.53. The Labute approximate surface area is 155 Å². The number of fused-ring (bicyclic) bond motifs is 5. The lowest BCUT2D eigenvalue weighted by Gasteiger charge is -2.40. The van der Waals surface area contributed by atoms with Crippen LogP contribution in [0.3, 0.4) is 0 Å². The second-order valence-electron chi connectivity index (χ2n) is 8.73. The zero-order valence-electron chi connectivity index (χ0n) is 15.2. The van der Waals surface area contributed by atoms with Gasteiger partial charge in [0.05, 0.1) is 0 Å². The van der Waals surface area contributed by atoms with Crippen molar-refractivity contribution in [3.63, 3.8) is 0 Å². The fourth-order valence-electron chi connectivity index (χ4n) is 6.03. The molecule has 3 aliphatic rings. The minimum Gasteiger partial charge on any atom is -0.0850 e. The minimum atomic E-state index is 0.585. The summed E-state index contributed by atoms with van der Waals surface area (Å²) in [6.45, 7) is 0. The van der Waals surface area contributed by atoms with Crippen molar-refractivity contribution >= 4 is 10.8 Å². The van der Waals surface area contributed by atoms with E-state index in [1.807, 2.05) is 0 Å². The van der Waals surface area contributed by atoms with E-state index in [-0.39, 0.29) is 0 Å². The van der Waals surface area contributed by atoms with E-state index in [4.69, 9.17) is 0 Å². The molecule has 0 aromatic heterocycles. The lowest BCUT2D eigenvalue weighted by molar-refractivity contribution is 0.169. The van der Waals surface area contributed by atoms with E-state index in [9.17, 15) is 0 Å². The van der Waals surface area contributed by atoms with Gasteiger partial charge in [-0.3, -0.25) is 0 Å². The van der Waals surface area contributed by atoms with Crippen molar-refractivity contribution in [2.45, 2.75) is 38.5 Å². The molecule has 0 amide bonds. The summed E-state index contributed by atoms with van der Waals surface area (Å²) in [5.41, 5.74) is 8.26. The first kappa shape index (κ1) is 14.8. The van der Waals surface area contributed by atoms with Gasteiger partial charge < -0.3 is 0 Å². The molecule has 3 aromatic rings. The standard InChI is InChI=1S/C26H24/c1-2-5-19(6-3-1)24-8-4-7-21-14-22-17-26(12-11-20(22)15-25(21)24)16-18-9-10-23(26)13-18/h1-9,14-15,23H,10-13,16-17H2. The van der Waals surface area contributed by atoms with Crippen LogP contribution in [0.25, 0.3) is 21.9 Å². The van der Waals surface area contributed by atoms with Gasteiger partial charge in [0.25, 0.3) is 0 Å². The van der Waals surface area contributed by atoms with Gasteiger partial charge in [0.2, 0.25) is 0 Å². The second kappa shape index (κ2) is 5.33. The number of aryl methyl sites for hydroxylation is 1. The third-order valence-electron chi connectivity index (χ3n) is 7.36. The van der Waals surface area contributed by atoms with E-state index in [0.29, 0.717) is 5.41 Å². The van der Waals surface area contributed by atoms with Crippen molar-refractivity contribution in [2.75, 3.05) is 0 Å². The molecule has 2 atom stereocenters. The summed E-state index contributed by atoms with van der Waals surface area (Å²) in [4.78, 5) is 0. The Morgan fingerprint density at radius 1 is 0.846 bits per heavy atom. The lowest BCUT2D eigenvalue weighted by Crippen LogP contribution is -2.33. The Balaban J connectivity index is 1.47. The minimum absolute atomic E-state index is 0.585. The average molecular weight is 336 g/mol. The number of hydrogen-bond donors (Lipinski definition) is 0. The highest BCUT2D eigenvalue weighted by atomic mass is 14.5. The molecule has 0 heteroatoms. The summed E-state index contributed by atoms with van der Waals surface area (Å²) in [5.74, 6) is 0.928. The molecule has 0 heterocycles. The van der Waals surface area contributed by atoms with Crippen LogP contribution in [0, 0.1) is 11.3 Å². The van der Waals surface area contributed by atoms with Crippen LogP contribution in [-0.2, 0) is 12.8 Å². The van der Waals surface area contributed by atoms with Gasteiger partial charge in [-0.05, 0) is 82.9 Å². The van der Waals surface area contributed by atoms with Crippen LogP contribution in [0.15, 0.2) is 72.3 Å². The number of allylic oxidation sites excluding steroid dienone is 2. The molecule has 6 rings (SSSR count). The van der Waals surface area contributed by atoms with Crippen molar-refractivity contribution in [2.24, 2.45) is 11.3 Å². The van der Waals surface area contributed by atoms with Crippen LogP contribution in [0.2, 0.25) is 0 Å². The molecule has 1 fully saturated rings. The van der Waals surface area contributed by atoms with E-state index in [0.717, 1.165) is 5.92 Å². The molecule has 3 aliphatic carbocycles. The Morgan fingerprint density at radius 2 is 1.77 bits per heavy atom. The highest BCUT2D eigenvalue weighted by molar-refractivity contribution is 5.97. The fraction of sp³-hybridized carbons (Fsp3) is 0.308. The maximum absolute atomic E-state index is 2.53. The predicted octanol–water partition coefficient (Wildman–Crippen LogP) is 6.72. The van der Waals surface area contributed by atoms with Crippen molar-refractivity contribution in [1.29, 1.82) is 0 Å². The molecule has 2 unspecified atom stereocenters. The molecule has 0 nitrogen and oxygen atoms in total. The van der Waals surface area contributed by atoms with Gasteiger partial charge >= 0.3 is 0 Å². The Hall–Kier alpha value is -2.34. The molecule has 0 aliphatic heterocycles. The quantitative estimate of drug-likeness (QED) is 0.433. The summed E-state index contributed by atoms with van der Waals surface area (Å²) in [6, 6.07) is 22.6. The van der Waals surface area contributed by atoms with E-state index in [2.05, 4.69) is 66.7 Å². The van der Waals surface area contributed by atoms with E-state index in [1.165, 1.54) is 60.4 Å². The maximum Gasteiger partial charge on any atom is -0.0102 e. The van der Waals surface area contributed by atoms with Crippen molar-refractivity contribution < 1.29 is 0 Å². The van der Waals surface area contributed by atoms with Crippen molar-refractivity contribution in [1.82, 2.24) is 0 Å². The highest BCUT2D eigenvalue weighted by Crippen LogP contribution is 2.58. The van der Waals surface area contributed by atoms with Crippen molar-refractivity contribution in [3.05, 3.63) is 83.4 Å². The largest absolute Gasteiger partial charge is 0.0850 e. The molecule has 0 saturated heterocycles. The SMILES string of the molecule is C1=C2CC(C1)C1(CCc3cc4c(-c5ccccc5)cccc4cc3C1)C2. The van der Waals surface area contributed by atoms with Crippen LogP contribution in [0.4, 0.5) is 0 Å². The molecule has 0 radical (unpaired) electrons. The molecule has 0 N–H and O–H groups in total. The van der Waals surface area contributed by atoms with Crippen molar-refractivity contribution in [3.8, 4) is 11.1 Å². The lowest BCUT2D eigenvalue weighted by atomic mass is 9.64. The molecule has 128 valence electrons. The molecule has 2 bridgehead atoms. The van der Waals surface area contributed by atoms with Gasteiger partial charge in [-0.25, -0.2) is 0 Å². The van der Waals surface area contributed by atoms with Gasteiger partial charge in [-0.15, -0.1) is 0 Å². The van der Waals surface area contributed by atoms with Gasteiger partial charge in [0, 0.05) is 0 Å². The summed E-state index contributed by atoms with van der Waals surface area (Å²) < 4.78 is 0. The van der Waals surface area contributed by atoms with E-state index >= 15 is 0 Å². The van der Waals surface area contributed by atoms with Crippen LogP contribution >= 0.6 is 0 Å². The third kappa shape index (κ3) is 2.08. The molecule has 26 heavy (non-hydrogen) atoms. The van der Waals surface area contributed by atoms with Gasteiger partial charge in [-0.2, -0.15) is 0 Å². The van der Waals surface area contributed by atoms with Crippen LogP contribution in [0.5, 0.6) is 0 Å². The molecule has 3 aromatic carbocycles. The third-order valence-corrected chi connectivity index (χ3v) is 7.36. The number of benzene rings is 3. The summed E-state index contributed by atoms with van der Waals surface area (Å²) in [5, 5.41) is 2.83. The molecular formula is C26H24. The first-order chi connectivity index (χ1) is 12.8. The zero-order chi connectivity index (χ0) is 17.1. The topological polar surface area (TPSA) is 0 Å². The normalized spacial score (nSPS) is 26.3. The molecule has 1 saturated carbocycles. The fourth-order valence-corrected chi connectivity index (χ4v) is 6.03. The summed E-state index contributed by atoms with van der Waals surface area (Å²) >= 11 is 0. The Kier molecular flexibility index (Phi) is 3.03. The monoisotopic (exact) mass is 336 g/mol. The van der Waals surface area contributed by atoms with E-state index in [1.54, 1.807) is 16.7 Å². The highest BCUT2D eigenvalue weighted by Gasteiger charge is 2.48. The molecule has 1 spiro atoms. The van der Waals surface area contributed by atoms with E-state index < -0.39 is 0 Å². The van der Waals surface area contributed by atoms with Crippen LogP contribution < -0.4 is 0 Å².